The molecule has 5 heteroatoms. The number of aliphatic hydroxyl groups is 1. The van der Waals surface area contributed by atoms with E-state index in [1.165, 1.54) is 6.42 Å². The first-order valence-electron chi connectivity index (χ1n) is 9.15. The van der Waals surface area contributed by atoms with Crippen LogP contribution in [0.25, 0.3) is 0 Å². The fraction of sp³-hybridized carbons (Fsp3) is 0.833. The molecule has 0 amide bonds. The Bertz CT molecular complexity index is 566. The number of nitrogens with zero attached hydrogens (tertiary/aromatic N) is 3. The second-order valence-electron chi connectivity index (χ2n) is 8.39. The monoisotopic (exact) mass is 318 g/mol. The van der Waals surface area contributed by atoms with Crippen LogP contribution in [-0.2, 0) is 6.54 Å². The highest BCUT2D eigenvalue weighted by Gasteiger charge is 2.58. The lowest BCUT2D eigenvalue weighted by Gasteiger charge is -2.57. The van der Waals surface area contributed by atoms with E-state index in [9.17, 15) is 5.11 Å². The zero-order valence-corrected chi connectivity index (χ0v) is 14.6. The molecule has 1 aromatic rings. The summed E-state index contributed by atoms with van der Waals surface area (Å²) in [4.78, 5) is 7.01. The summed E-state index contributed by atoms with van der Waals surface area (Å²) in [5.41, 5.74) is 0.310. The number of hydrogen-bond acceptors (Lipinski definition) is 4. The third-order valence-electron chi connectivity index (χ3n) is 6.37. The number of aliphatic hydroxyl groups excluding tert-OH is 1. The van der Waals surface area contributed by atoms with E-state index < -0.39 is 0 Å². The smallest absolute Gasteiger partial charge is 0.125 e. The first kappa shape index (κ1) is 15.6. The van der Waals surface area contributed by atoms with Crippen molar-refractivity contribution in [1.82, 2.24) is 19.8 Å². The van der Waals surface area contributed by atoms with Crippen LogP contribution in [-0.4, -0.2) is 51.3 Å². The molecular formula is C18H30N4O. The third-order valence-corrected chi connectivity index (χ3v) is 6.37. The van der Waals surface area contributed by atoms with Gasteiger partial charge in [0, 0.05) is 43.0 Å². The molecule has 3 heterocycles. The molecule has 0 radical (unpaired) electrons. The van der Waals surface area contributed by atoms with Gasteiger partial charge in [-0.05, 0) is 38.6 Å². The fourth-order valence-corrected chi connectivity index (χ4v) is 5.85. The predicted octanol–water partition coefficient (Wildman–Crippen LogP) is 1.79. The molecule has 1 aliphatic carbocycles. The largest absolute Gasteiger partial charge is 0.391 e. The lowest BCUT2D eigenvalue weighted by Crippen LogP contribution is -2.64. The number of rotatable bonds is 3. The molecular weight excluding hydrogens is 288 g/mol. The standard InChI is InChI=1S/C18H30N4O/c1-12(2)16-18(11-21(16)3)9-14(15(23)10-18)20-13-5-4-7-22-8-6-19-17(13)22/h6,8,12-16,20,23H,4-5,7,9-11H2,1-3H3/t13?,14-,15-,16?,18?/m1/s1. The Morgan fingerprint density at radius 2 is 2.22 bits per heavy atom. The minimum absolute atomic E-state index is 0.207. The average Bonchev–Trinajstić information content (AvgIpc) is 3.05. The van der Waals surface area contributed by atoms with E-state index in [4.69, 9.17) is 0 Å². The molecule has 2 fully saturated rings. The van der Waals surface area contributed by atoms with Crippen molar-refractivity contribution in [2.24, 2.45) is 11.3 Å². The van der Waals surface area contributed by atoms with Crippen molar-refractivity contribution in [3.8, 4) is 0 Å². The first-order chi connectivity index (χ1) is 11.0. The minimum atomic E-state index is -0.227. The van der Waals surface area contributed by atoms with Gasteiger partial charge in [-0.2, -0.15) is 0 Å². The molecule has 1 saturated carbocycles. The second-order valence-corrected chi connectivity index (χ2v) is 8.39. The predicted molar refractivity (Wildman–Crippen MR) is 90.1 cm³/mol. The van der Waals surface area contributed by atoms with Crippen LogP contribution in [0.1, 0.15) is 51.4 Å². The van der Waals surface area contributed by atoms with Crippen molar-refractivity contribution in [2.45, 2.75) is 70.3 Å². The molecule has 5 nitrogen and oxygen atoms in total. The summed E-state index contributed by atoms with van der Waals surface area (Å²) in [5.74, 6) is 1.80. The molecule has 2 N–H and O–H groups in total. The zero-order chi connectivity index (χ0) is 16.2. The van der Waals surface area contributed by atoms with E-state index in [-0.39, 0.29) is 12.1 Å². The van der Waals surface area contributed by atoms with Gasteiger partial charge in [0.25, 0.3) is 0 Å². The van der Waals surface area contributed by atoms with Crippen LogP contribution in [0.3, 0.4) is 0 Å². The van der Waals surface area contributed by atoms with E-state index in [0.717, 1.165) is 38.2 Å². The van der Waals surface area contributed by atoms with Crippen LogP contribution in [0.2, 0.25) is 0 Å². The Balaban J connectivity index is 1.48. The minimum Gasteiger partial charge on any atom is -0.391 e. The van der Waals surface area contributed by atoms with Crippen LogP contribution in [0.15, 0.2) is 12.4 Å². The van der Waals surface area contributed by atoms with Gasteiger partial charge in [-0.3, -0.25) is 0 Å². The van der Waals surface area contributed by atoms with Crippen molar-refractivity contribution < 1.29 is 5.11 Å². The molecule has 4 rings (SSSR count). The molecule has 128 valence electrons. The third kappa shape index (κ3) is 2.44. The molecule has 0 aromatic carbocycles. The van der Waals surface area contributed by atoms with Gasteiger partial charge in [-0.1, -0.05) is 13.8 Å². The van der Waals surface area contributed by atoms with Crippen LogP contribution in [0.5, 0.6) is 0 Å². The van der Waals surface area contributed by atoms with Crippen LogP contribution >= 0.6 is 0 Å². The molecule has 3 unspecified atom stereocenters. The highest BCUT2D eigenvalue weighted by atomic mass is 16.3. The quantitative estimate of drug-likeness (QED) is 0.892. The van der Waals surface area contributed by atoms with E-state index >= 15 is 0 Å². The van der Waals surface area contributed by atoms with Crippen LogP contribution in [0.4, 0.5) is 0 Å². The number of aryl methyl sites for hydroxylation is 1. The highest BCUT2D eigenvalue weighted by Crippen LogP contribution is 2.52. The second kappa shape index (κ2) is 5.57. The van der Waals surface area contributed by atoms with Crippen molar-refractivity contribution in [2.75, 3.05) is 13.6 Å². The highest BCUT2D eigenvalue weighted by molar-refractivity contribution is 5.13. The van der Waals surface area contributed by atoms with Gasteiger partial charge >= 0.3 is 0 Å². The Morgan fingerprint density at radius 3 is 2.96 bits per heavy atom. The summed E-state index contributed by atoms with van der Waals surface area (Å²) in [7, 11) is 2.22. The summed E-state index contributed by atoms with van der Waals surface area (Å²) in [5, 5.41) is 14.5. The van der Waals surface area contributed by atoms with E-state index in [0.29, 0.717) is 23.4 Å². The molecule has 0 bridgehead atoms. The van der Waals surface area contributed by atoms with E-state index in [1.54, 1.807) is 0 Å². The SMILES string of the molecule is CC(C)C1N(C)CC12C[C@@H](O)[C@H](NC1CCCn3ccnc31)C2. The van der Waals surface area contributed by atoms with E-state index in [1.807, 2.05) is 6.20 Å². The maximum atomic E-state index is 10.7. The van der Waals surface area contributed by atoms with Gasteiger partial charge in [0.2, 0.25) is 0 Å². The summed E-state index contributed by atoms with van der Waals surface area (Å²) in [6.45, 7) is 6.83. The van der Waals surface area contributed by atoms with Gasteiger partial charge in [-0.15, -0.1) is 0 Å². The van der Waals surface area contributed by atoms with Crippen molar-refractivity contribution in [3.05, 3.63) is 18.2 Å². The first-order valence-corrected chi connectivity index (χ1v) is 9.15. The summed E-state index contributed by atoms with van der Waals surface area (Å²) < 4.78 is 2.26. The molecule has 3 aliphatic rings. The van der Waals surface area contributed by atoms with Gasteiger partial charge in [-0.25, -0.2) is 4.98 Å². The van der Waals surface area contributed by atoms with Crippen LogP contribution in [0, 0.1) is 11.3 Å². The lowest BCUT2D eigenvalue weighted by atomic mass is 9.66. The summed E-state index contributed by atoms with van der Waals surface area (Å²) in [6.07, 6.45) is 8.10. The molecule has 5 atom stereocenters. The summed E-state index contributed by atoms with van der Waals surface area (Å²) >= 11 is 0. The maximum absolute atomic E-state index is 10.7. The lowest BCUT2D eigenvalue weighted by molar-refractivity contribution is -0.0828. The van der Waals surface area contributed by atoms with Gasteiger partial charge in [0.15, 0.2) is 0 Å². The number of hydrogen-bond donors (Lipinski definition) is 2. The van der Waals surface area contributed by atoms with Gasteiger partial charge in [0.1, 0.15) is 5.82 Å². The van der Waals surface area contributed by atoms with Crippen LogP contribution < -0.4 is 5.32 Å². The maximum Gasteiger partial charge on any atom is 0.125 e. The summed E-state index contributed by atoms with van der Waals surface area (Å²) in [6, 6.07) is 1.11. The molecule has 1 spiro atoms. The van der Waals surface area contributed by atoms with Crippen molar-refractivity contribution in [3.63, 3.8) is 0 Å². The molecule has 1 aromatic heterocycles. The van der Waals surface area contributed by atoms with E-state index in [2.05, 4.69) is 46.9 Å². The van der Waals surface area contributed by atoms with Gasteiger partial charge < -0.3 is 19.9 Å². The molecule has 1 saturated heterocycles. The van der Waals surface area contributed by atoms with Gasteiger partial charge in [0.05, 0.1) is 12.1 Å². The fourth-order valence-electron chi connectivity index (χ4n) is 5.85. The van der Waals surface area contributed by atoms with Crippen molar-refractivity contribution >= 4 is 0 Å². The number of fused-ring (bicyclic) bond motifs is 1. The Labute approximate surface area is 139 Å². The Morgan fingerprint density at radius 1 is 1.39 bits per heavy atom. The molecule has 23 heavy (non-hydrogen) atoms. The molecule has 2 aliphatic heterocycles. The topological polar surface area (TPSA) is 53.3 Å². The van der Waals surface area contributed by atoms with Crippen molar-refractivity contribution in [1.29, 1.82) is 0 Å². The number of likely N-dealkylation sites (tertiary alicyclic amines) is 1. The Hall–Kier alpha value is -0.910. The number of aromatic nitrogens is 2. The number of nitrogens with one attached hydrogen (secondary N) is 1. The average molecular weight is 318 g/mol. The number of imidazole rings is 1. The normalized spacial score (nSPS) is 40.6. The zero-order valence-electron chi connectivity index (χ0n) is 14.6. The Kier molecular flexibility index (Phi) is 3.78.